The van der Waals surface area contributed by atoms with Crippen molar-refractivity contribution in [3.05, 3.63) is 217 Å². The number of hydrogen-bond donors (Lipinski definition) is 1. The summed E-state index contributed by atoms with van der Waals surface area (Å²) in [6.07, 6.45) is 24.6. The topological polar surface area (TPSA) is 15.3 Å². The zero-order valence-electron chi connectivity index (χ0n) is 34.9. The summed E-state index contributed by atoms with van der Waals surface area (Å²) in [5.41, 5.74) is 10.7. The first-order valence-corrected chi connectivity index (χ1v) is 22.2. The summed E-state index contributed by atoms with van der Waals surface area (Å²) in [6.45, 7) is 7.83. The number of hydrogen-bond acceptors (Lipinski definition) is 3. The molecule has 1 unspecified atom stereocenters. The molecule has 298 valence electrons. The van der Waals surface area contributed by atoms with Gasteiger partial charge in [0, 0.05) is 27.8 Å². The lowest BCUT2D eigenvalue weighted by Gasteiger charge is -2.27. The van der Waals surface area contributed by atoms with Crippen LogP contribution in [-0.2, 0) is 0 Å². The van der Waals surface area contributed by atoms with E-state index in [4.69, 9.17) is 0 Å². The van der Waals surface area contributed by atoms with Crippen LogP contribution in [0.25, 0.3) is 59.8 Å². The molecule has 8 aromatic rings. The molecule has 1 N–H and O–H groups in total. The van der Waals surface area contributed by atoms with Gasteiger partial charge in [-0.25, -0.2) is 0 Å². The van der Waals surface area contributed by atoms with Crippen molar-refractivity contribution in [2.45, 2.75) is 33.1 Å². The Morgan fingerprint density at radius 1 is 0.672 bits per heavy atom. The number of anilines is 5. The molecule has 0 radical (unpaired) electrons. The molecule has 0 saturated carbocycles. The van der Waals surface area contributed by atoms with E-state index in [1.165, 1.54) is 69.3 Å². The van der Waals surface area contributed by atoms with Crippen LogP contribution in [-0.4, -0.2) is 0 Å². The molecule has 2 nitrogen and oxygen atoms in total. The van der Waals surface area contributed by atoms with Crippen LogP contribution in [0.4, 0.5) is 28.4 Å². The number of thiophene rings is 1. The molecule has 3 heteroatoms. The SMILES string of the molecule is C=C/C=C\C=C/C.CC1C=c2c(cc(Nc3cccc(C4=CCCC=C4)c3)c3sc4c(N(c5ccccc5)c5cccc(-c6ccccc6)c5)cc5ccccc5c4c23)=CC1. The summed E-state index contributed by atoms with van der Waals surface area (Å²) in [6, 6.07) is 53.2. The van der Waals surface area contributed by atoms with Gasteiger partial charge in [0.25, 0.3) is 0 Å². The lowest BCUT2D eigenvalue weighted by atomic mass is 9.94. The normalized spacial score (nSPS) is 14.6. The monoisotopic (exact) mass is 806 g/mol. The average Bonchev–Trinajstić information content (AvgIpc) is 3.73. The first-order valence-electron chi connectivity index (χ1n) is 21.4. The van der Waals surface area contributed by atoms with Gasteiger partial charge in [0.2, 0.25) is 0 Å². The number of allylic oxidation sites excluding steroid dienone is 9. The van der Waals surface area contributed by atoms with Gasteiger partial charge in [-0.3, -0.25) is 0 Å². The van der Waals surface area contributed by atoms with Crippen LogP contribution in [0.15, 0.2) is 201 Å². The Kier molecular flexibility index (Phi) is 11.7. The maximum absolute atomic E-state index is 3.95. The third-order valence-electron chi connectivity index (χ3n) is 11.4. The summed E-state index contributed by atoms with van der Waals surface area (Å²) in [5, 5.41) is 11.8. The quantitative estimate of drug-likeness (QED) is 0.146. The first kappa shape index (κ1) is 39.5. The second-order valence-corrected chi connectivity index (χ2v) is 16.7. The molecule has 2 aliphatic rings. The Balaban J connectivity index is 0.000000629. The minimum Gasteiger partial charge on any atom is -0.354 e. The number of rotatable bonds is 9. The average molecular weight is 807 g/mol. The van der Waals surface area contributed by atoms with E-state index in [1.807, 2.05) is 42.6 Å². The Morgan fingerprint density at radius 3 is 2.23 bits per heavy atom. The molecule has 7 aromatic carbocycles. The van der Waals surface area contributed by atoms with Gasteiger partial charge in [0.1, 0.15) is 0 Å². The predicted molar refractivity (Wildman–Crippen MR) is 269 cm³/mol. The van der Waals surface area contributed by atoms with Crippen molar-refractivity contribution in [1.29, 1.82) is 0 Å². The van der Waals surface area contributed by atoms with Gasteiger partial charge in [-0.15, -0.1) is 11.3 Å². The standard InChI is InChI=1S/C51H40N2S.C7H10/c1-34-27-28-40-32-46(52-41-22-13-20-37(30-41)35-15-5-2-6-16-35)50-49(45(40)29-34)48-44-26-12-11-19-39(44)33-47(51(48)54-50)53(42-23-9-4-10-24-42)43-25-14-21-38(31-43)36-17-7-3-8-18-36;1-3-5-7-6-4-2/h3-5,7-26,28-34,52H,2,6,27H2,1H3;3-7H,1H2,2H3/b;6-4-,7-5-. The predicted octanol–water partition coefficient (Wildman–Crippen LogP) is 15.7. The highest BCUT2D eigenvalue weighted by atomic mass is 32.1. The number of nitrogens with one attached hydrogen (secondary N) is 1. The smallest absolute Gasteiger partial charge is 0.0646 e. The number of benzene rings is 7. The van der Waals surface area contributed by atoms with Gasteiger partial charge in [-0.1, -0.05) is 171 Å². The van der Waals surface area contributed by atoms with Crippen LogP contribution in [0, 0.1) is 5.92 Å². The molecule has 1 atom stereocenters. The van der Waals surface area contributed by atoms with Gasteiger partial charge in [0.15, 0.2) is 0 Å². The molecule has 1 heterocycles. The fourth-order valence-electron chi connectivity index (χ4n) is 8.57. The zero-order chi connectivity index (χ0) is 41.5. The van der Waals surface area contributed by atoms with Crippen LogP contribution in [0.3, 0.4) is 0 Å². The van der Waals surface area contributed by atoms with Crippen LogP contribution >= 0.6 is 11.3 Å². The van der Waals surface area contributed by atoms with E-state index in [9.17, 15) is 0 Å². The molecule has 10 rings (SSSR count). The summed E-state index contributed by atoms with van der Waals surface area (Å²) >= 11 is 1.91. The Morgan fingerprint density at radius 2 is 1.43 bits per heavy atom. The van der Waals surface area contributed by atoms with Crippen molar-refractivity contribution in [2.24, 2.45) is 5.92 Å². The third kappa shape index (κ3) is 8.31. The van der Waals surface area contributed by atoms with Crippen molar-refractivity contribution in [1.82, 2.24) is 0 Å². The van der Waals surface area contributed by atoms with Gasteiger partial charge in [0.05, 0.1) is 20.8 Å². The highest BCUT2D eigenvalue weighted by Crippen LogP contribution is 2.49. The van der Waals surface area contributed by atoms with E-state index in [0.717, 1.165) is 42.0 Å². The first-order chi connectivity index (χ1) is 30.1. The molecule has 2 aliphatic carbocycles. The second-order valence-electron chi connectivity index (χ2n) is 15.7. The molecule has 0 saturated heterocycles. The summed E-state index contributed by atoms with van der Waals surface area (Å²) in [4.78, 5) is 2.46. The minimum atomic E-state index is 0.471. The van der Waals surface area contributed by atoms with E-state index < -0.39 is 0 Å². The summed E-state index contributed by atoms with van der Waals surface area (Å²) in [7, 11) is 0. The lowest BCUT2D eigenvalue weighted by molar-refractivity contribution is 0.801. The molecule has 0 amide bonds. The molecule has 0 spiro atoms. The van der Waals surface area contributed by atoms with Crippen LogP contribution in [0.2, 0.25) is 0 Å². The van der Waals surface area contributed by atoms with Crippen molar-refractivity contribution >= 4 is 88.4 Å². The number of para-hydroxylation sites is 1. The Labute approximate surface area is 363 Å². The van der Waals surface area contributed by atoms with E-state index in [0.29, 0.717) is 5.92 Å². The van der Waals surface area contributed by atoms with Gasteiger partial charge in [-0.05, 0) is 124 Å². The molecule has 0 fully saturated rings. The fourth-order valence-corrected chi connectivity index (χ4v) is 9.87. The van der Waals surface area contributed by atoms with Gasteiger partial charge < -0.3 is 10.2 Å². The van der Waals surface area contributed by atoms with E-state index in [2.05, 4.69) is 200 Å². The molecular weight excluding hydrogens is 757 g/mol. The largest absolute Gasteiger partial charge is 0.354 e. The summed E-state index contributed by atoms with van der Waals surface area (Å²) in [5.74, 6) is 0.471. The van der Waals surface area contributed by atoms with Crippen molar-refractivity contribution in [3.8, 4) is 11.1 Å². The van der Waals surface area contributed by atoms with Crippen LogP contribution < -0.4 is 20.7 Å². The van der Waals surface area contributed by atoms with Crippen molar-refractivity contribution in [2.75, 3.05) is 10.2 Å². The molecule has 61 heavy (non-hydrogen) atoms. The third-order valence-corrected chi connectivity index (χ3v) is 12.7. The highest BCUT2D eigenvalue weighted by Gasteiger charge is 2.23. The molecule has 1 aromatic heterocycles. The summed E-state index contributed by atoms with van der Waals surface area (Å²) < 4.78 is 2.57. The fraction of sp³-hybridized carbons (Fsp3) is 0.103. The van der Waals surface area contributed by atoms with Crippen LogP contribution in [0.1, 0.15) is 38.7 Å². The molecule has 0 bridgehead atoms. The van der Waals surface area contributed by atoms with E-state index in [-0.39, 0.29) is 0 Å². The number of fused-ring (bicyclic) bond motifs is 7. The zero-order valence-corrected chi connectivity index (χ0v) is 35.7. The van der Waals surface area contributed by atoms with Crippen molar-refractivity contribution < 1.29 is 0 Å². The molecule has 0 aliphatic heterocycles. The van der Waals surface area contributed by atoms with Crippen LogP contribution in [0.5, 0.6) is 0 Å². The van der Waals surface area contributed by atoms with Gasteiger partial charge >= 0.3 is 0 Å². The number of nitrogens with zero attached hydrogens (tertiary/aromatic N) is 1. The maximum Gasteiger partial charge on any atom is 0.0646 e. The van der Waals surface area contributed by atoms with E-state index in [1.54, 1.807) is 6.08 Å². The van der Waals surface area contributed by atoms with Gasteiger partial charge in [-0.2, -0.15) is 0 Å². The Bertz CT molecular complexity index is 3130. The van der Waals surface area contributed by atoms with Crippen molar-refractivity contribution in [3.63, 3.8) is 0 Å². The molecular formula is C58H50N2S. The lowest BCUT2D eigenvalue weighted by Crippen LogP contribution is -2.29. The Hall–Kier alpha value is -6.94. The minimum absolute atomic E-state index is 0.471. The maximum atomic E-state index is 3.95. The van der Waals surface area contributed by atoms with E-state index >= 15 is 0 Å². The highest BCUT2D eigenvalue weighted by molar-refractivity contribution is 7.27. The second kappa shape index (κ2) is 18.1.